The lowest BCUT2D eigenvalue weighted by atomic mass is 10.4. The highest BCUT2D eigenvalue weighted by Gasteiger charge is 2.05. The number of carboxylic acid groups (broad SMARTS) is 1. The number of hydrogen-bond acceptors (Lipinski definition) is 3. The number of thioether (sulfide) groups is 1. The van der Waals surface area contributed by atoms with Crippen molar-refractivity contribution in [2.24, 2.45) is 0 Å². The van der Waals surface area contributed by atoms with E-state index in [0.717, 1.165) is 10.6 Å². The maximum atomic E-state index is 10.4. The highest BCUT2D eigenvalue weighted by atomic mass is 32.2. The van der Waals surface area contributed by atoms with E-state index in [9.17, 15) is 4.79 Å². The van der Waals surface area contributed by atoms with E-state index in [1.165, 1.54) is 11.3 Å². The SMILES string of the molecule is CSCc1ccc(C(=O)O)s1. The zero-order chi connectivity index (χ0) is 8.27. The second kappa shape index (κ2) is 3.78. The third kappa shape index (κ3) is 2.24. The van der Waals surface area contributed by atoms with E-state index in [4.69, 9.17) is 5.11 Å². The van der Waals surface area contributed by atoms with Gasteiger partial charge in [-0.05, 0) is 18.4 Å². The minimum absolute atomic E-state index is 0.425. The van der Waals surface area contributed by atoms with E-state index >= 15 is 0 Å². The van der Waals surface area contributed by atoms with Crippen molar-refractivity contribution < 1.29 is 9.90 Å². The molecule has 60 valence electrons. The maximum absolute atomic E-state index is 10.4. The molecule has 1 rings (SSSR count). The molecule has 0 atom stereocenters. The van der Waals surface area contributed by atoms with Crippen LogP contribution in [0.2, 0.25) is 0 Å². The lowest BCUT2D eigenvalue weighted by Gasteiger charge is -1.87. The molecule has 1 aromatic rings. The normalized spacial score (nSPS) is 9.91. The van der Waals surface area contributed by atoms with E-state index in [0.29, 0.717) is 4.88 Å². The van der Waals surface area contributed by atoms with Gasteiger partial charge in [-0.3, -0.25) is 0 Å². The molecule has 0 bridgehead atoms. The zero-order valence-electron chi connectivity index (χ0n) is 6.03. The average Bonchev–Trinajstić information content (AvgIpc) is 2.37. The molecule has 0 saturated carbocycles. The molecule has 0 aliphatic rings. The fraction of sp³-hybridized carbons (Fsp3) is 0.286. The van der Waals surface area contributed by atoms with Crippen molar-refractivity contribution in [1.82, 2.24) is 0 Å². The molecule has 0 aliphatic heterocycles. The quantitative estimate of drug-likeness (QED) is 0.791. The van der Waals surface area contributed by atoms with E-state index in [2.05, 4.69) is 0 Å². The summed E-state index contributed by atoms with van der Waals surface area (Å²) in [6.45, 7) is 0. The van der Waals surface area contributed by atoms with Crippen LogP contribution in [0.3, 0.4) is 0 Å². The van der Waals surface area contributed by atoms with Gasteiger partial charge in [-0.1, -0.05) is 0 Å². The van der Waals surface area contributed by atoms with Gasteiger partial charge in [0.05, 0.1) is 0 Å². The Labute approximate surface area is 73.2 Å². The fourth-order valence-electron chi connectivity index (χ4n) is 0.713. The Morgan fingerprint density at radius 3 is 2.91 bits per heavy atom. The summed E-state index contributed by atoms with van der Waals surface area (Å²) in [5, 5.41) is 8.57. The lowest BCUT2D eigenvalue weighted by Crippen LogP contribution is -1.89. The molecule has 0 fully saturated rings. The third-order valence-electron chi connectivity index (χ3n) is 1.16. The number of thiophene rings is 1. The summed E-state index contributed by atoms with van der Waals surface area (Å²) in [6.07, 6.45) is 2.00. The Morgan fingerprint density at radius 2 is 2.45 bits per heavy atom. The van der Waals surface area contributed by atoms with Crippen LogP contribution in [-0.4, -0.2) is 17.3 Å². The van der Waals surface area contributed by atoms with Crippen LogP contribution in [0.5, 0.6) is 0 Å². The Hall–Kier alpha value is -0.480. The van der Waals surface area contributed by atoms with E-state index in [1.54, 1.807) is 17.8 Å². The second-order valence-electron chi connectivity index (χ2n) is 2.00. The van der Waals surface area contributed by atoms with Crippen LogP contribution in [0.4, 0.5) is 0 Å². The van der Waals surface area contributed by atoms with Gasteiger partial charge < -0.3 is 5.11 Å². The average molecular weight is 188 g/mol. The van der Waals surface area contributed by atoms with Crippen molar-refractivity contribution in [2.45, 2.75) is 5.75 Å². The first kappa shape index (κ1) is 8.62. The molecule has 0 saturated heterocycles. The predicted molar refractivity (Wildman–Crippen MR) is 48.5 cm³/mol. The first-order valence-electron chi connectivity index (χ1n) is 3.05. The maximum Gasteiger partial charge on any atom is 0.345 e. The molecule has 4 heteroatoms. The van der Waals surface area contributed by atoms with Crippen LogP contribution in [0.25, 0.3) is 0 Å². The van der Waals surface area contributed by atoms with Crippen molar-refractivity contribution in [3.63, 3.8) is 0 Å². The van der Waals surface area contributed by atoms with Crippen LogP contribution in [0.1, 0.15) is 14.5 Å². The lowest BCUT2D eigenvalue weighted by molar-refractivity contribution is 0.0702. The van der Waals surface area contributed by atoms with Gasteiger partial charge in [0.1, 0.15) is 4.88 Å². The zero-order valence-corrected chi connectivity index (χ0v) is 7.67. The Balaban J connectivity index is 2.73. The topological polar surface area (TPSA) is 37.3 Å². The number of rotatable bonds is 3. The molecule has 0 aromatic carbocycles. The van der Waals surface area contributed by atoms with Crippen molar-refractivity contribution in [1.29, 1.82) is 0 Å². The largest absolute Gasteiger partial charge is 0.477 e. The third-order valence-corrected chi connectivity index (χ3v) is 3.01. The predicted octanol–water partition coefficient (Wildman–Crippen LogP) is 2.31. The molecular weight excluding hydrogens is 180 g/mol. The van der Waals surface area contributed by atoms with Crippen molar-refractivity contribution in [3.05, 3.63) is 21.9 Å². The summed E-state index contributed by atoms with van der Waals surface area (Å²) in [7, 11) is 0. The van der Waals surface area contributed by atoms with Gasteiger partial charge in [0.2, 0.25) is 0 Å². The number of carboxylic acids is 1. The molecule has 2 nitrogen and oxygen atoms in total. The molecule has 0 spiro atoms. The van der Waals surface area contributed by atoms with Crippen LogP contribution in [0.15, 0.2) is 12.1 Å². The van der Waals surface area contributed by atoms with Crippen molar-refractivity contribution in [3.8, 4) is 0 Å². The standard InChI is InChI=1S/C7H8O2S2/c1-10-4-5-2-3-6(11-5)7(8)9/h2-3H,4H2,1H3,(H,8,9). The monoisotopic (exact) mass is 188 g/mol. The minimum atomic E-state index is -0.831. The first-order valence-corrected chi connectivity index (χ1v) is 5.26. The van der Waals surface area contributed by atoms with Gasteiger partial charge in [0, 0.05) is 10.6 Å². The Kier molecular flexibility index (Phi) is 2.96. The first-order chi connectivity index (χ1) is 5.24. The highest BCUT2D eigenvalue weighted by molar-refractivity contribution is 7.97. The molecule has 0 amide bonds. The van der Waals surface area contributed by atoms with Gasteiger partial charge >= 0.3 is 5.97 Å². The van der Waals surface area contributed by atoms with Gasteiger partial charge in [0.25, 0.3) is 0 Å². The Morgan fingerprint density at radius 1 is 1.73 bits per heavy atom. The van der Waals surface area contributed by atoms with Crippen LogP contribution in [0, 0.1) is 0 Å². The number of carbonyl (C=O) groups is 1. The molecule has 11 heavy (non-hydrogen) atoms. The van der Waals surface area contributed by atoms with Gasteiger partial charge in [-0.25, -0.2) is 4.79 Å². The molecule has 0 aliphatic carbocycles. The van der Waals surface area contributed by atoms with Crippen LogP contribution < -0.4 is 0 Å². The summed E-state index contributed by atoms with van der Waals surface area (Å²) in [6, 6.07) is 3.52. The van der Waals surface area contributed by atoms with Gasteiger partial charge in [-0.2, -0.15) is 11.8 Å². The molecule has 1 heterocycles. The van der Waals surface area contributed by atoms with Crippen LogP contribution in [-0.2, 0) is 5.75 Å². The summed E-state index contributed by atoms with van der Waals surface area (Å²) in [5.74, 6) is 0.0696. The van der Waals surface area contributed by atoms with Crippen molar-refractivity contribution >= 4 is 29.1 Å². The Bertz CT molecular complexity index is 255. The van der Waals surface area contributed by atoms with Gasteiger partial charge in [0.15, 0.2) is 0 Å². The number of hydrogen-bond donors (Lipinski definition) is 1. The minimum Gasteiger partial charge on any atom is -0.477 e. The summed E-state index contributed by atoms with van der Waals surface area (Å²) >= 11 is 3.04. The smallest absolute Gasteiger partial charge is 0.345 e. The summed E-state index contributed by atoms with van der Waals surface area (Å²) in [4.78, 5) is 12.0. The van der Waals surface area contributed by atoms with E-state index < -0.39 is 5.97 Å². The van der Waals surface area contributed by atoms with Gasteiger partial charge in [-0.15, -0.1) is 11.3 Å². The van der Waals surface area contributed by atoms with E-state index in [1.807, 2.05) is 12.3 Å². The fourth-order valence-corrected chi connectivity index (χ4v) is 2.32. The summed E-state index contributed by atoms with van der Waals surface area (Å²) in [5.41, 5.74) is 0. The molecule has 1 N–H and O–H groups in total. The van der Waals surface area contributed by atoms with E-state index in [-0.39, 0.29) is 0 Å². The molecule has 0 unspecified atom stereocenters. The van der Waals surface area contributed by atoms with Crippen molar-refractivity contribution in [2.75, 3.05) is 6.26 Å². The number of aromatic carboxylic acids is 1. The molecular formula is C7H8O2S2. The summed E-state index contributed by atoms with van der Waals surface area (Å²) < 4.78 is 0. The highest BCUT2D eigenvalue weighted by Crippen LogP contribution is 2.19. The van der Waals surface area contributed by atoms with Crippen LogP contribution >= 0.6 is 23.1 Å². The molecule has 0 radical (unpaired) electrons. The molecule has 1 aromatic heterocycles. The second-order valence-corrected chi connectivity index (χ2v) is 4.04.